The minimum Gasteiger partial charge on any atom is -0.365 e. The molecular formula is C5H6F4O2. The second kappa shape index (κ2) is 2.60. The molecule has 1 rings (SSSR count). The topological polar surface area (TPSA) is 29.5 Å². The lowest BCUT2D eigenvalue weighted by Gasteiger charge is -2.32. The highest BCUT2D eigenvalue weighted by Gasteiger charge is 2.55. The number of alkyl halides is 4. The van der Waals surface area contributed by atoms with Crippen molar-refractivity contribution in [3.63, 3.8) is 0 Å². The number of halogens is 4. The SMILES string of the molecule is OC1OCC(F)C(F)(F)C1F. The molecule has 2 nitrogen and oxygen atoms in total. The molecule has 66 valence electrons. The van der Waals surface area contributed by atoms with Gasteiger partial charge in [0.2, 0.25) is 6.17 Å². The first-order valence-corrected chi connectivity index (χ1v) is 2.92. The van der Waals surface area contributed by atoms with Crippen molar-refractivity contribution in [3.05, 3.63) is 0 Å². The maximum atomic E-state index is 12.3. The van der Waals surface area contributed by atoms with E-state index in [1.807, 2.05) is 0 Å². The smallest absolute Gasteiger partial charge is 0.316 e. The van der Waals surface area contributed by atoms with E-state index in [2.05, 4.69) is 4.74 Å². The predicted octanol–water partition coefficient (Wildman–Crippen LogP) is 0.647. The molecule has 6 heteroatoms. The van der Waals surface area contributed by atoms with E-state index in [-0.39, 0.29) is 0 Å². The Balaban J connectivity index is 2.72. The fraction of sp³-hybridized carbons (Fsp3) is 1.00. The van der Waals surface area contributed by atoms with Crippen LogP contribution in [0.25, 0.3) is 0 Å². The number of ether oxygens (including phenoxy) is 1. The van der Waals surface area contributed by atoms with E-state index < -0.39 is 31.2 Å². The van der Waals surface area contributed by atoms with E-state index in [4.69, 9.17) is 5.11 Å². The molecule has 1 aliphatic rings. The highest BCUT2D eigenvalue weighted by Crippen LogP contribution is 2.34. The molecule has 3 atom stereocenters. The van der Waals surface area contributed by atoms with E-state index in [9.17, 15) is 17.6 Å². The summed E-state index contributed by atoms with van der Waals surface area (Å²) in [6.45, 7) is -0.978. The average Bonchev–Trinajstić information content (AvgIpc) is 1.95. The number of hydrogen-bond acceptors (Lipinski definition) is 2. The molecule has 0 aliphatic carbocycles. The van der Waals surface area contributed by atoms with Gasteiger partial charge in [0.1, 0.15) is 0 Å². The zero-order valence-corrected chi connectivity index (χ0v) is 5.31. The summed E-state index contributed by atoms with van der Waals surface area (Å²) in [5, 5.41) is 8.39. The summed E-state index contributed by atoms with van der Waals surface area (Å²) < 4.78 is 52.9. The van der Waals surface area contributed by atoms with Gasteiger partial charge in [0.15, 0.2) is 12.5 Å². The molecule has 11 heavy (non-hydrogen) atoms. The zero-order chi connectivity index (χ0) is 8.65. The Bertz CT molecular complexity index is 151. The van der Waals surface area contributed by atoms with Gasteiger partial charge >= 0.3 is 5.92 Å². The van der Waals surface area contributed by atoms with Crippen LogP contribution in [-0.4, -0.2) is 36.3 Å². The molecule has 1 N–H and O–H groups in total. The lowest BCUT2D eigenvalue weighted by Crippen LogP contribution is -2.54. The van der Waals surface area contributed by atoms with E-state index in [0.29, 0.717) is 0 Å². The van der Waals surface area contributed by atoms with Crippen LogP contribution in [0.15, 0.2) is 0 Å². The third kappa shape index (κ3) is 1.32. The second-order valence-electron chi connectivity index (χ2n) is 2.27. The fourth-order valence-electron chi connectivity index (χ4n) is 0.742. The Kier molecular flexibility index (Phi) is 2.06. The highest BCUT2D eigenvalue weighted by atomic mass is 19.3. The van der Waals surface area contributed by atoms with Crippen LogP contribution in [0.2, 0.25) is 0 Å². The molecule has 0 aromatic rings. The summed E-state index contributed by atoms with van der Waals surface area (Å²) in [6.07, 6.45) is -7.89. The van der Waals surface area contributed by atoms with E-state index in [1.165, 1.54) is 0 Å². The quantitative estimate of drug-likeness (QED) is 0.546. The van der Waals surface area contributed by atoms with Crippen LogP contribution in [0.1, 0.15) is 0 Å². The van der Waals surface area contributed by atoms with Gasteiger partial charge in [0.05, 0.1) is 6.61 Å². The van der Waals surface area contributed by atoms with E-state index in [1.54, 1.807) is 0 Å². The van der Waals surface area contributed by atoms with Crippen LogP contribution in [0.3, 0.4) is 0 Å². The summed E-state index contributed by atoms with van der Waals surface area (Å²) in [6, 6.07) is 0. The Hall–Kier alpha value is -0.360. The molecule has 3 unspecified atom stereocenters. The summed E-state index contributed by atoms with van der Waals surface area (Å²) in [5.74, 6) is -4.14. The number of rotatable bonds is 0. The van der Waals surface area contributed by atoms with Crippen molar-refractivity contribution in [3.8, 4) is 0 Å². The predicted molar refractivity (Wildman–Crippen MR) is 26.7 cm³/mol. The van der Waals surface area contributed by atoms with E-state index in [0.717, 1.165) is 0 Å². The third-order valence-corrected chi connectivity index (χ3v) is 1.45. The van der Waals surface area contributed by atoms with Gasteiger partial charge in [-0.05, 0) is 0 Å². The maximum absolute atomic E-state index is 12.3. The van der Waals surface area contributed by atoms with Crippen molar-refractivity contribution in [2.24, 2.45) is 0 Å². The van der Waals surface area contributed by atoms with Crippen LogP contribution in [0, 0.1) is 0 Å². The largest absolute Gasteiger partial charge is 0.365 e. The van der Waals surface area contributed by atoms with Gasteiger partial charge in [0.25, 0.3) is 0 Å². The first-order valence-electron chi connectivity index (χ1n) is 2.92. The molecule has 1 aliphatic heterocycles. The minimum absolute atomic E-state index is 0.978. The van der Waals surface area contributed by atoms with Crippen LogP contribution in [0.4, 0.5) is 17.6 Å². The molecule has 0 amide bonds. The Labute approximate surface area is 59.8 Å². The van der Waals surface area contributed by atoms with E-state index >= 15 is 0 Å². The van der Waals surface area contributed by atoms with Crippen molar-refractivity contribution in [1.29, 1.82) is 0 Å². The van der Waals surface area contributed by atoms with Crippen LogP contribution in [-0.2, 0) is 4.74 Å². The van der Waals surface area contributed by atoms with Gasteiger partial charge in [0, 0.05) is 0 Å². The van der Waals surface area contributed by atoms with Crippen LogP contribution >= 0.6 is 0 Å². The van der Waals surface area contributed by atoms with Gasteiger partial charge in [-0.25, -0.2) is 8.78 Å². The summed E-state index contributed by atoms with van der Waals surface area (Å²) in [5.41, 5.74) is 0. The lowest BCUT2D eigenvalue weighted by molar-refractivity contribution is -0.275. The molecule has 1 heterocycles. The van der Waals surface area contributed by atoms with Gasteiger partial charge in [-0.2, -0.15) is 8.78 Å². The number of hydrogen-bond donors (Lipinski definition) is 1. The molecule has 1 fully saturated rings. The maximum Gasteiger partial charge on any atom is 0.316 e. The summed E-state index contributed by atoms with van der Waals surface area (Å²) in [7, 11) is 0. The molecule has 0 radical (unpaired) electrons. The zero-order valence-electron chi connectivity index (χ0n) is 5.31. The van der Waals surface area contributed by atoms with Crippen LogP contribution in [0.5, 0.6) is 0 Å². The van der Waals surface area contributed by atoms with Gasteiger partial charge in [-0.3, -0.25) is 0 Å². The first kappa shape index (κ1) is 8.73. The average molecular weight is 174 g/mol. The monoisotopic (exact) mass is 174 g/mol. The molecule has 0 spiro atoms. The molecule has 0 bridgehead atoms. The number of aliphatic hydroxyl groups excluding tert-OH is 1. The molecule has 0 aromatic heterocycles. The normalized spacial score (nSPS) is 43.9. The Morgan fingerprint density at radius 1 is 1.36 bits per heavy atom. The van der Waals surface area contributed by atoms with Gasteiger partial charge in [-0.15, -0.1) is 0 Å². The lowest BCUT2D eigenvalue weighted by atomic mass is 10.1. The van der Waals surface area contributed by atoms with Gasteiger partial charge < -0.3 is 9.84 Å². The Morgan fingerprint density at radius 3 is 2.36 bits per heavy atom. The Morgan fingerprint density at radius 2 is 1.91 bits per heavy atom. The molecule has 0 aromatic carbocycles. The molecular weight excluding hydrogens is 168 g/mol. The third-order valence-electron chi connectivity index (χ3n) is 1.45. The minimum atomic E-state index is -4.14. The number of aliphatic hydroxyl groups is 1. The van der Waals surface area contributed by atoms with Crippen molar-refractivity contribution in [2.75, 3.05) is 6.61 Å². The van der Waals surface area contributed by atoms with Gasteiger partial charge in [-0.1, -0.05) is 0 Å². The fourth-order valence-corrected chi connectivity index (χ4v) is 0.742. The standard InChI is InChI=1S/C5H6F4O2/c6-2-1-11-4(10)3(7)5(2,8)9/h2-4,10H,1H2. The highest BCUT2D eigenvalue weighted by molar-refractivity contribution is 4.90. The summed E-state index contributed by atoms with van der Waals surface area (Å²) in [4.78, 5) is 0. The second-order valence-corrected chi connectivity index (χ2v) is 2.27. The molecule has 0 saturated carbocycles. The van der Waals surface area contributed by atoms with Crippen molar-refractivity contribution in [2.45, 2.75) is 24.6 Å². The van der Waals surface area contributed by atoms with Crippen molar-refractivity contribution < 1.29 is 27.4 Å². The summed E-state index contributed by atoms with van der Waals surface area (Å²) >= 11 is 0. The van der Waals surface area contributed by atoms with Crippen molar-refractivity contribution in [1.82, 2.24) is 0 Å². The molecule has 1 saturated heterocycles. The van der Waals surface area contributed by atoms with Crippen LogP contribution < -0.4 is 0 Å². The van der Waals surface area contributed by atoms with Crippen molar-refractivity contribution >= 4 is 0 Å². The first-order chi connectivity index (χ1) is 4.96.